The second-order valence-corrected chi connectivity index (χ2v) is 24.7. The van der Waals surface area contributed by atoms with E-state index in [1.807, 2.05) is 53.0 Å². The van der Waals surface area contributed by atoms with E-state index in [2.05, 4.69) is 73.2 Å². The van der Waals surface area contributed by atoms with E-state index in [1.54, 1.807) is 75.8 Å². The number of anilines is 2. The van der Waals surface area contributed by atoms with Gasteiger partial charge in [-0.2, -0.15) is 13.3 Å². The Hall–Kier alpha value is -4.87. The van der Waals surface area contributed by atoms with Crippen molar-refractivity contribution in [1.82, 2.24) is 49.8 Å². The lowest BCUT2D eigenvalue weighted by Crippen LogP contribution is -2.51. The summed E-state index contributed by atoms with van der Waals surface area (Å²) in [5, 5.41) is 37.7. The predicted molar refractivity (Wildman–Crippen MR) is 288 cm³/mol. The smallest absolute Gasteiger partial charge is 0.444 e. The Bertz CT molecular complexity index is 2920. The molecule has 0 unspecified atom stereocenters. The standard InChI is InChI=1S/C21H27FN6O3S.C15H22IN5O3S.C12H17BFNO2/c1-13-5-6-14(16(22)25-13)15-11-23-17-28(15)26-18(32-17)27-9-7-21(30,8-10-27)12-24-19(29)31-20(2,3)4;1-14(2,3)24-13(22)18-9-15(23)4-6-20(7-5-15)12-19-21-10(16)8-17-11(21)25-12;1-8-6-7-9(10(14)15-8)13-16-11(2,3)12(4,5)17-13/h5-6,11,30H,7-10,12H2,1-4H3,(H,24,29);8,23H,4-7,9H2,1-3H3,(H,18,22);6-7H,1-5H3. The van der Waals surface area contributed by atoms with Crippen molar-refractivity contribution >= 4 is 90.2 Å². The number of pyridine rings is 2. The first-order valence-corrected chi connectivity index (χ1v) is 27.0. The number of amides is 2. The molecule has 0 atom stereocenters. The van der Waals surface area contributed by atoms with Gasteiger partial charge in [-0.25, -0.2) is 34.0 Å². The fraction of sp³-hybridized carbons (Fsp3) is 0.583. The lowest BCUT2D eigenvalue weighted by molar-refractivity contribution is 0.00578. The number of rotatable bonds is 8. The molecule has 2 amide bonds. The zero-order valence-corrected chi connectivity index (χ0v) is 47.7. The van der Waals surface area contributed by atoms with Crippen molar-refractivity contribution in [3.05, 3.63) is 63.6 Å². The van der Waals surface area contributed by atoms with Crippen molar-refractivity contribution in [3.63, 3.8) is 0 Å². The first-order valence-electron chi connectivity index (χ1n) is 24.3. The summed E-state index contributed by atoms with van der Waals surface area (Å²) in [6.45, 7) is 24.9. The third kappa shape index (κ3) is 14.1. The van der Waals surface area contributed by atoms with Gasteiger partial charge >= 0.3 is 19.3 Å². The van der Waals surface area contributed by atoms with E-state index < -0.39 is 64.8 Å². The van der Waals surface area contributed by atoms with Crippen LogP contribution in [0.1, 0.15) is 106 Å². The zero-order chi connectivity index (χ0) is 54.2. The Morgan fingerprint density at radius 3 is 1.59 bits per heavy atom. The summed E-state index contributed by atoms with van der Waals surface area (Å²) in [4.78, 5) is 45.7. The number of piperidine rings is 2. The highest BCUT2D eigenvalue weighted by molar-refractivity contribution is 14.1. The summed E-state index contributed by atoms with van der Waals surface area (Å²) in [5.41, 5.74) is -1.49. The molecule has 0 aliphatic carbocycles. The monoisotopic (exact) mass is 1180 g/mol. The van der Waals surface area contributed by atoms with Crippen LogP contribution in [0.5, 0.6) is 0 Å². The molecule has 74 heavy (non-hydrogen) atoms. The molecule has 3 saturated heterocycles. The number of aromatic nitrogens is 8. The average Bonchev–Trinajstić information content (AvgIpc) is 4.11. The van der Waals surface area contributed by atoms with E-state index in [-0.39, 0.29) is 13.1 Å². The van der Waals surface area contributed by atoms with Crippen LogP contribution in [0.4, 0.5) is 28.6 Å². The van der Waals surface area contributed by atoms with Crippen molar-refractivity contribution in [2.45, 2.75) is 142 Å². The number of carbonyl (C=O) groups is 2. The van der Waals surface area contributed by atoms with Crippen LogP contribution in [0.3, 0.4) is 0 Å². The third-order valence-corrected chi connectivity index (χ3v) is 15.4. The van der Waals surface area contributed by atoms with Crippen molar-refractivity contribution in [2.24, 2.45) is 0 Å². The zero-order valence-electron chi connectivity index (χ0n) is 43.9. The first kappa shape index (κ1) is 56.9. The number of hydrogen-bond acceptors (Lipinski definition) is 18. The van der Waals surface area contributed by atoms with Gasteiger partial charge < -0.3 is 49.4 Å². The number of carbonyl (C=O) groups excluding carboxylic acids is 2. The minimum atomic E-state index is -1.01. The minimum absolute atomic E-state index is 0.126. The number of nitrogens with one attached hydrogen (secondary N) is 2. The highest BCUT2D eigenvalue weighted by Gasteiger charge is 2.52. The Balaban J connectivity index is 0.000000170. The highest BCUT2D eigenvalue weighted by atomic mass is 127. The summed E-state index contributed by atoms with van der Waals surface area (Å²) in [5.74, 6) is -1.08. The van der Waals surface area contributed by atoms with Gasteiger partial charge in [0.25, 0.3) is 0 Å². The SMILES string of the molecule is CC(C)(C)OC(=O)NCC1(O)CCN(c2nn3c(I)cnc3s2)CC1.Cc1ccc(-c2cnc3sc(N4CCC(O)(CNC(=O)OC(C)(C)C)CC4)nn23)c(F)n1.Cc1ccc(B2OC(C)(C)C(C)(C)O2)c(F)n1. The molecular formula is C48H66BF2IN12O8S2. The van der Waals surface area contributed by atoms with Gasteiger partial charge in [0.1, 0.15) is 14.9 Å². The number of fused-ring (bicyclic) bond motifs is 2. The maximum Gasteiger partial charge on any atom is 0.499 e. The maximum absolute atomic E-state index is 14.4. The largest absolute Gasteiger partial charge is 0.499 e. The number of imidazole rings is 2. The van der Waals surface area contributed by atoms with Crippen LogP contribution in [-0.2, 0) is 18.8 Å². The fourth-order valence-corrected chi connectivity index (χ4v) is 10.4. The van der Waals surface area contributed by atoms with Gasteiger partial charge in [-0.15, -0.1) is 10.2 Å². The average molecular weight is 1180 g/mol. The van der Waals surface area contributed by atoms with Gasteiger partial charge in [0.05, 0.1) is 46.1 Å². The topological polar surface area (TPSA) is 228 Å². The van der Waals surface area contributed by atoms with Crippen LogP contribution in [-0.4, -0.2) is 142 Å². The number of alkyl carbamates (subject to hydrolysis) is 2. The quantitative estimate of drug-likeness (QED) is 0.0669. The van der Waals surface area contributed by atoms with Crippen LogP contribution in [0.25, 0.3) is 21.2 Å². The van der Waals surface area contributed by atoms with Gasteiger partial charge in [0, 0.05) is 56.1 Å². The van der Waals surface area contributed by atoms with Crippen LogP contribution >= 0.6 is 45.3 Å². The van der Waals surface area contributed by atoms with E-state index in [9.17, 15) is 28.6 Å². The second-order valence-electron chi connectivity index (χ2n) is 21.7. The van der Waals surface area contributed by atoms with E-state index in [0.29, 0.717) is 84.9 Å². The van der Waals surface area contributed by atoms with Crippen LogP contribution in [0.2, 0.25) is 0 Å². The van der Waals surface area contributed by atoms with E-state index in [1.165, 1.54) is 22.7 Å². The van der Waals surface area contributed by atoms with Gasteiger partial charge in [-0.05, 0) is 150 Å². The number of aliphatic hydroxyl groups is 2. The number of nitrogens with zero attached hydrogens (tertiary/aromatic N) is 10. The van der Waals surface area contributed by atoms with E-state index >= 15 is 0 Å². The molecule has 3 fully saturated rings. The molecule has 9 rings (SSSR count). The predicted octanol–water partition coefficient (Wildman–Crippen LogP) is 7.24. The van der Waals surface area contributed by atoms with Gasteiger partial charge in [0.2, 0.25) is 32.1 Å². The summed E-state index contributed by atoms with van der Waals surface area (Å²) >= 11 is 5.15. The maximum atomic E-state index is 14.4. The molecule has 3 aliphatic heterocycles. The van der Waals surface area contributed by atoms with Crippen molar-refractivity contribution < 1.29 is 47.4 Å². The molecule has 4 N–H and O–H groups in total. The Morgan fingerprint density at radius 1 is 0.716 bits per heavy atom. The number of halogens is 3. The third-order valence-electron chi connectivity index (χ3n) is 12.7. The first-order chi connectivity index (χ1) is 34.4. The van der Waals surface area contributed by atoms with E-state index in [0.717, 1.165) is 18.9 Å². The summed E-state index contributed by atoms with van der Waals surface area (Å²) < 4.78 is 54.5. The number of aryl methyl sites for hydroxylation is 2. The lowest BCUT2D eigenvalue weighted by atomic mass is 9.80. The van der Waals surface area contributed by atoms with Crippen LogP contribution in [0.15, 0.2) is 36.7 Å². The molecule has 6 aromatic rings. The molecular weight excluding hydrogens is 1110 g/mol. The molecule has 6 aromatic heterocycles. The van der Waals surface area contributed by atoms with Crippen LogP contribution < -0.4 is 25.9 Å². The molecule has 0 radical (unpaired) electrons. The summed E-state index contributed by atoms with van der Waals surface area (Å²) in [6.07, 6.45) is 4.39. The number of hydrogen-bond donors (Lipinski definition) is 4. The molecule has 3 aliphatic rings. The Labute approximate surface area is 451 Å². The van der Waals surface area contributed by atoms with Gasteiger partial charge in [-0.1, -0.05) is 28.7 Å². The molecule has 402 valence electrons. The Kier molecular flexibility index (Phi) is 16.9. The molecule has 0 aromatic carbocycles. The highest BCUT2D eigenvalue weighted by Crippen LogP contribution is 2.37. The normalized spacial score (nSPS) is 18.1. The van der Waals surface area contributed by atoms with Crippen LogP contribution in [0, 0.1) is 29.4 Å². The molecule has 9 heterocycles. The number of ether oxygens (including phenoxy) is 2. The summed E-state index contributed by atoms with van der Waals surface area (Å²) in [6, 6.07) is 6.85. The van der Waals surface area contributed by atoms with Crippen molar-refractivity contribution in [2.75, 3.05) is 49.1 Å². The molecule has 20 nitrogen and oxygen atoms in total. The molecule has 0 bridgehead atoms. The van der Waals surface area contributed by atoms with Crippen molar-refractivity contribution in [3.8, 4) is 11.3 Å². The van der Waals surface area contributed by atoms with Crippen molar-refractivity contribution in [1.29, 1.82) is 0 Å². The molecule has 26 heteroatoms. The summed E-state index contributed by atoms with van der Waals surface area (Å²) in [7, 11) is -0.687. The fourth-order valence-electron chi connectivity index (χ4n) is 7.86. The minimum Gasteiger partial charge on any atom is -0.444 e. The molecule has 0 saturated carbocycles. The van der Waals surface area contributed by atoms with E-state index in [4.69, 9.17) is 18.8 Å². The second kappa shape index (κ2) is 22.0. The van der Waals surface area contributed by atoms with Gasteiger partial charge in [0.15, 0.2) is 0 Å². The molecule has 0 spiro atoms. The Morgan fingerprint density at radius 2 is 1.15 bits per heavy atom. The van der Waals surface area contributed by atoms with Gasteiger partial charge in [-0.3, -0.25) is 0 Å². The lowest BCUT2D eigenvalue weighted by Gasteiger charge is -2.38.